The van der Waals surface area contributed by atoms with Gasteiger partial charge in [-0.15, -0.1) is 0 Å². The first-order valence-electron chi connectivity index (χ1n) is 5.38. The van der Waals surface area contributed by atoms with E-state index in [1.165, 1.54) is 12.5 Å². The van der Waals surface area contributed by atoms with Crippen molar-refractivity contribution in [1.82, 2.24) is 0 Å². The molecule has 0 atom stereocenters. The number of ether oxygens (including phenoxy) is 1. The highest BCUT2D eigenvalue weighted by atomic mass is 16.5. The van der Waals surface area contributed by atoms with E-state index >= 15 is 0 Å². The van der Waals surface area contributed by atoms with Crippen LogP contribution >= 0.6 is 0 Å². The Morgan fingerprint density at radius 3 is 1.88 bits per heavy atom. The summed E-state index contributed by atoms with van der Waals surface area (Å²) in [6.07, 6.45) is 0. The quantitative estimate of drug-likeness (QED) is 0.550. The van der Waals surface area contributed by atoms with Crippen molar-refractivity contribution in [2.24, 2.45) is 0 Å². The topological polar surface area (TPSA) is 26.3 Å². The molecule has 0 fully saturated rings. The van der Waals surface area contributed by atoms with Crippen LogP contribution in [-0.4, -0.2) is 5.97 Å². The van der Waals surface area contributed by atoms with Crippen LogP contribution in [0.2, 0.25) is 0 Å². The standard InChI is InChI=1S/C11H14O2.C2H6.CH4/c1-8(2)10-4-6-11(7-5-10)13-9(3)12;1-2;/h4-8H,1-3H3;1-2H3;1H4. The van der Waals surface area contributed by atoms with Crippen LogP contribution in [0.3, 0.4) is 0 Å². The average molecular weight is 224 g/mol. The van der Waals surface area contributed by atoms with Crippen molar-refractivity contribution < 1.29 is 9.53 Å². The lowest BCUT2D eigenvalue weighted by atomic mass is 10.0. The zero-order valence-corrected chi connectivity index (χ0v) is 10.2. The molecule has 16 heavy (non-hydrogen) atoms. The molecular weight excluding hydrogens is 200 g/mol. The minimum atomic E-state index is -0.280. The molecule has 0 amide bonds. The summed E-state index contributed by atoms with van der Waals surface area (Å²) in [5.41, 5.74) is 1.25. The van der Waals surface area contributed by atoms with Crippen molar-refractivity contribution in [3.05, 3.63) is 29.8 Å². The zero-order valence-electron chi connectivity index (χ0n) is 10.2. The second kappa shape index (κ2) is 8.96. The molecule has 0 heterocycles. The third kappa shape index (κ3) is 6.23. The molecule has 0 saturated heterocycles. The van der Waals surface area contributed by atoms with Gasteiger partial charge in [0.15, 0.2) is 0 Å². The van der Waals surface area contributed by atoms with E-state index in [1.54, 1.807) is 0 Å². The molecule has 1 aromatic rings. The Morgan fingerprint density at radius 2 is 1.56 bits per heavy atom. The van der Waals surface area contributed by atoms with Crippen LogP contribution in [0.15, 0.2) is 24.3 Å². The van der Waals surface area contributed by atoms with Gasteiger partial charge in [-0.25, -0.2) is 0 Å². The van der Waals surface area contributed by atoms with Crippen LogP contribution in [0.25, 0.3) is 0 Å². The van der Waals surface area contributed by atoms with Crippen LogP contribution in [0.4, 0.5) is 0 Å². The molecule has 0 N–H and O–H groups in total. The largest absolute Gasteiger partial charge is 0.427 e. The van der Waals surface area contributed by atoms with Crippen LogP contribution in [0, 0.1) is 0 Å². The Morgan fingerprint density at radius 1 is 1.12 bits per heavy atom. The van der Waals surface area contributed by atoms with E-state index in [0.717, 1.165) is 0 Å². The Balaban J connectivity index is 0. The maximum atomic E-state index is 10.6. The average Bonchev–Trinajstić information content (AvgIpc) is 2.20. The van der Waals surface area contributed by atoms with Gasteiger partial charge in [0, 0.05) is 6.92 Å². The second-order valence-electron chi connectivity index (χ2n) is 3.32. The first-order chi connectivity index (χ1) is 7.09. The van der Waals surface area contributed by atoms with E-state index in [1.807, 2.05) is 38.1 Å². The van der Waals surface area contributed by atoms with Crippen LogP contribution < -0.4 is 4.74 Å². The molecule has 1 aromatic carbocycles. The van der Waals surface area contributed by atoms with Gasteiger partial charge in [-0.3, -0.25) is 4.79 Å². The van der Waals surface area contributed by atoms with Gasteiger partial charge < -0.3 is 4.74 Å². The molecule has 0 aliphatic carbocycles. The summed E-state index contributed by atoms with van der Waals surface area (Å²) in [6, 6.07) is 7.58. The summed E-state index contributed by atoms with van der Waals surface area (Å²) in [7, 11) is 0. The molecule has 2 nitrogen and oxygen atoms in total. The van der Waals surface area contributed by atoms with E-state index in [0.29, 0.717) is 11.7 Å². The zero-order chi connectivity index (χ0) is 11.8. The first-order valence-corrected chi connectivity index (χ1v) is 5.38. The lowest BCUT2D eigenvalue weighted by Gasteiger charge is -2.06. The molecule has 2 heteroatoms. The SMILES string of the molecule is C.CC.CC(=O)Oc1ccc(C(C)C)cc1. The molecule has 0 aliphatic rings. The Bertz CT molecular complexity index is 286. The van der Waals surface area contributed by atoms with E-state index in [4.69, 9.17) is 4.74 Å². The minimum absolute atomic E-state index is 0. The Kier molecular flexibility index (Phi) is 9.57. The molecule has 1 rings (SSSR count). The van der Waals surface area contributed by atoms with Crippen molar-refractivity contribution in [2.75, 3.05) is 0 Å². The second-order valence-corrected chi connectivity index (χ2v) is 3.32. The van der Waals surface area contributed by atoms with Crippen molar-refractivity contribution in [1.29, 1.82) is 0 Å². The highest BCUT2D eigenvalue weighted by Crippen LogP contribution is 2.18. The normalized spacial score (nSPS) is 8.62. The van der Waals surface area contributed by atoms with Gasteiger partial charge in [-0.1, -0.05) is 47.3 Å². The number of hydrogen-bond acceptors (Lipinski definition) is 2. The summed E-state index contributed by atoms with van der Waals surface area (Å²) < 4.78 is 4.91. The maximum absolute atomic E-state index is 10.6. The van der Waals surface area contributed by atoms with E-state index in [-0.39, 0.29) is 13.4 Å². The lowest BCUT2D eigenvalue weighted by molar-refractivity contribution is -0.131. The van der Waals surface area contributed by atoms with Crippen LogP contribution in [0.5, 0.6) is 5.75 Å². The highest BCUT2D eigenvalue weighted by Gasteiger charge is 2.00. The summed E-state index contributed by atoms with van der Waals surface area (Å²) >= 11 is 0. The highest BCUT2D eigenvalue weighted by molar-refractivity contribution is 5.69. The van der Waals surface area contributed by atoms with Gasteiger partial charge in [-0.2, -0.15) is 0 Å². The van der Waals surface area contributed by atoms with Crippen molar-refractivity contribution in [2.45, 2.75) is 48.0 Å². The monoisotopic (exact) mass is 224 g/mol. The van der Waals surface area contributed by atoms with Gasteiger partial charge in [0.2, 0.25) is 0 Å². The summed E-state index contributed by atoms with van der Waals surface area (Å²) in [5.74, 6) is 0.834. The number of carbonyl (C=O) groups excluding carboxylic acids is 1. The molecule has 0 aromatic heterocycles. The number of benzene rings is 1. The fourth-order valence-corrected chi connectivity index (χ4v) is 1.09. The van der Waals surface area contributed by atoms with Crippen LogP contribution in [0.1, 0.15) is 53.5 Å². The third-order valence-corrected chi connectivity index (χ3v) is 1.81. The van der Waals surface area contributed by atoms with Crippen LogP contribution in [-0.2, 0) is 4.79 Å². The predicted molar refractivity (Wildman–Crippen MR) is 69.9 cm³/mol. The van der Waals surface area contributed by atoms with Crippen molar-refractivity contribution in [3.8, 4) is 5.75 Å². The minimum Gasteiger partial charge on any atom is -0.427 e. The molecule has 92 valence electrons. The number of hydrogen-bond donors (Lipinski definition) is 0. The van der Waals surface area contributed by atoms with Crippen molar-refractivity contribution >= 4 is 5.97 Å². The Hall–Kier alpha value is -1.31. The number of rotatable bonds is 2. The van der Waals surface area contributed by atoms with Gasteiger partial charge in [0.1, 0.15) is 5.75 Å². The molecule has 0 bridgehead atoms. The van der Waals surface area contributed by atoms with E-state index < -0.39 is 0 Å². The molecule has 0 saturated carbocycles. The molecular formula is C14H24O2. The number of carbonyl (C=O) groups is 1. The van der Waals surface area contributed by atoms with Crippen molar-refractivity contribution in [3.63, 3.8) is 0 Å². The van der Waals surface area contributed by atoms with Gasteiger partial charge >= 0.3 is 5.97 Å². The predicted octanol–water partition coefficient (Wildman–Crippen LogP) is 4.40. The molecule has 0 unspecified atom stereocenters. The first kappa shape index (κ1) is 17.1. The summed E-state index contributed by atoms with van der Waals surface area (Å²) in [6.45, 7) is 9.65. The maximum Gasteiger partial charge on any atom is 0.308 e. The number of esters is 1. The Labute approximate surface area is 99.6 Å². The van der Waals surface area contributed by atoms with E-state index in [2.05, 4.69) is 13.8 Å². The van der Waals surface area contributed by atoms with Gasteiger partial charge in [0.05, 0.1) is 0 Å². The smallest absolute Gasteiger partial charge is 0.308 e. The summed E-state index contributed by atoms with van der Waals surface area (Å²) in [4.78, 5) is 10.6. The molecule has 0 radical (unpaired) electrons. The molecule has 0 spiro atoms. The van der Waals surface area contributed by atoms with Gasteiger partial charge in [-0.05, 0) is 23.6 Å². The third-order valence-electron chi connectivity index (χ3n) is 1.81. The van der Waals surface area contributed by atoms with E-state index in [9.17, 15) is 4.79 Å². The fourth-order valence-electron chi connectivity index (χ4n) is 1.09. The fraction of sp³-hybridized carbons (Fsp3) is 0.500. The summed E-state index contributed by atoms with van der Waals surface area (Å²) in [5, 5.41) is 0. The van der Waals surface area contributed by atoms with Gasteiger partial charge in [0.25, 0.3) is 0 Å². The molecule has 0 aliphatic heterocycles. The lowest BCUT2D eigenvalue weighted by Crippen LogP contribution is -2.01.